The van der Waals surface area contributed by atoms with Gasteiger partial charge in [0.15, 0.2) is 6.29 Å². The summed E-state index contributed by atoms with van der Waals surface area (Å²) >= 11 is 0. The second-order valence-corrected chi connectivity index (χ2v) is 3.03. The minimum atomic E-state index is -0.499. The Morgan fingerprint density at radius 2 is 2.30 bits per heavy atom. The first kappa shape index (κ1) is 6.38. The quantitative estimate of drug-likeness (QED) is 0.510. The first-order valence-electron chi connectivity index (χ1n) is 3.86. The van der Waals surface area contributed by atoms with E-state index in [0.29, 0.717) is 5.92 Å². The molecule has 1 aliphatic carbocycles. The minimum absolute atomic E-state index is 0.281. The van der Waals surface area contributed by atoms with E-state index in [-0.39, 0.29) is 6.10 Å². The van der Waals surface area contributed by atoms with Crippen molar-refractivity contribution in [2.24, 2.45) is 5.92 Å². The number of hydrogen-bond donors (Lipinski definition) is 1. The molecule has 2 heteroatoms. The number of aliphatic hydroxyl groups excluding tert-OH is 1. The summed E-state index contributed by atoms with van der Waals surface area (Å²) in [4.78, 5) is 0. The summed E-state index contributed by atoms with van der Waals surface area (Å²) in [6, 6.07) is 0. The van der Waals surface area contributed by atoms with Crippen molar-refractivity contribution >= 4 is 0 Å². The van der Waals surface area contributed by atoms with Crippen LogP contribution in [0.15, 0.2) is 12.2 Å². The molecule has 0 spiro atoms. The zero-order chi connectivity index (χ0) is 6.97. The van der Waals surface area contributed by atoms with Gasteiger partial charge in [-0.25, -0.2) is 0 Å². The highest BCUT2D eigenvalue weighted by Gasteiger charge is 2.30. The number of rotatable bonds is 0. The predicted molar refractivity (Wildman–Crippen MR) is 37.4 cm³/mol. The molecule has 0 aromatic carbocycles. The average Bonchev–Trinajstić information content (AvgIpc) is 2.33. The molecular weight excluding hydrogens is 128 g/mol. The molecule has 0 saturated carbocycles. The van der Waals surface area contributed by atoms with E-state index in [2.05, 4.69) is 12.2 Å². The molecule has 2 nitrogen and oxygen atoms in total. The van der Waals surface area contributed by atoms with Crippen LogP contribution in [0.1, 0.15) is 19.3 Å². The van der Waals surface area contributed by atoms with Gasteiger partial charge in [0.25, 0.3) is 0 Å². The SMILES string of the molecule is OC1CC[C@@H]2C=CC[C@@H]2O1. The molecule has 0 aromatic rings. The van der Waals surface area contributed by atoms with Crippen LogP contribution in [0.25, 0.3) is 0 Å². The second kappa shape index (κ2) is 2.36. The molecule has 2 aliphatic rings. The highest BCUT2D eigenvalue weighted by molar-refractivity contribution is 5.03. The van der Waals surface area contributed by atoms with Gasteiger partial charge in [-0.1, -0.05) is 12.2 Å². The minimum Gasteiger partial charge on any atom is -0.368 e. The Balaban J connectivity index is 2.01. The largest absolute Gasteiger partial charge is 0.368 e. The molecule has 1 heterocycles. The molecular formula is C8H12O2. The van der Waals surface area contributed by atoms with E-state index in [4.69, 9.17) is 9.84 Å². The fourth-order valence-corrected chi connectivity index (χ4v) is 1.73. The number of aliphatic hydroxyl groups is 1. The van der Waals surface area contributed by atoms with Crippen LogP contribution < -0.4 is 0 Å². The van der Waals surface area contributed by atoms with Gasteiger partial charge in [0.05, 0.1) is 6.10 Å². The van der Waals surface area contributed by atoms with Crippen molar-refractivity contribution in [2.75, 3.05) is 0 Å². The average molecular weight is 140 g/mol. The Bertz CT molecular complexity index is 153. The monoisotopic (exact) mass is 140 g/mol. The van der Waals surface area contributed by atoms with Crippen LogP contribution in [0.2, 0.25) is 0 Å². The van der Waals surface area contributed by atoms with Gasteiger partial charge in [0.2, 0.25) is 0 Å². The van der Waals surface area contributed by atoms with E-state index in [1.807, 2.05) is 0 Å². The van der Waals surface area contributed by atoms with Gasteiger partial charge in [-0.05, 0) is 19.3 Å². The molecule has 1 unspecified atom stereocenters. The van der Waals surface area contributed by atoms with Crippen LogP contribution in [-0.2, 0) is 4.74 Å². The van der Waals surface area contributed by atoms with Gasteiger partial charge in [-0.15, -0.1) is 0 Å². The van der Waals surface area contributed by atoms with Gasteiger partial charge in [0, 0.05) is 5.92 Å². The summed E-state index contributed by atoms with van der Waals surface area (Å²) in [5.74, 6) is 0.586. The molecule has 1 saturated heterocycles. The van der Waals surface area contributed by atoms with Crippen LogP contribution in [-0.4, -0.2) is 17.5 Å². The van der Waals surface area contributed by atoms with Crippen LogP contribution >= 0.6 is 0 Å². The number of hydrogen-bond acceptors (Lipinski definition) is 2. The molecule has 0 radical (unpaired) electrons. The maximum Gasteiger partial charge on any atom is 0.154 e. The highest BCUT2D eigenvalue weighted by Crippen LogP contribution is 2.31. The van der Waals surface area contributed by atoms with E-state index >= 15 is 0 Å². The Kier molecular flexibility index (Phi) is 1.51. The molecule has 0 amide bonds. The lowest BCUT2D eigenvalue weighted by Gasteiger charge is -2.29. The van der Waals surface area contributed by atoms with Crippen LogP contribution in [0.4, 0.5) is 0 Å². The number of fused-ring (bicyclic) bond motifs is 1. The van der Waals surface area contributed by atoms with E-state index in [1.54, 1.807) is 0 Å². The highest BCUT2D eigenvalue weighted by atomic mass is 16.6. The molecule has 0 bridgehead atoms. The summed E-state index contributed by atoms with van der Waals surface area (Å²) in [6.07, 6.45) is 7.00. The molecule has 2 rings (SSSR count). The van der Waals surface area contributed by atoms with Crippen molar-refractivity contribution in [3.63, 3.8) is 0 Å². The Hall–Kier alpha value is -0.340. The van der Waals surface area contributed by atoms with Crippen LogP contribution in [0.3, 0.4) is 0 Å². The molecule has 10 heavy (non-hydrogen) atoms. The van der Waals surface area contributed by atoms with Gasteiger partial charge >= 0.3 is 0 Å². The lowest BCUT2D eigenvalue weighted by Crippen LogP contribution is -2.31. The maximum atomic E-state index is 9.11. The molecule has 1 N–H and O–H groups in total. The molecule has 56 valence electrons. The summed E-state index contributed by atoms with van der Waals surface area (Å²) < 4.78 is 5.30. The standard InChI is InChI=1S/C8H12O2/c9-8-5-4-6-2-1-3-7(6)10-8/h1-2,6-9H,3-5H2/t6-,7-,8?/m0/s1. The Labute approximate surface area is 60.5 Å². The zero-order valence-electron chi connectivity index (χ0n) is 5.86. The summed E-state index contributed by atoms with van der Waals surface area (Å²) in [7, 11) is 0. The third kappa shape index (κ3) is 0.976. The van der Waals surface area contributed by atoms with Gasteiger partial charge < -0.3 is 9.84 Å². The molecule has 3 atom stereocenters. The van der Waals surface area contributed by atoms with Crippen molar-refractivity contribution in [3.05, 3.63) is 12.2 Å². The lowest BCUT2D eigenvalue weighted by molar-refractivity contribution is -0.171. The Morgan fingerprint density at radius 3 is 3.20 bits per heavy atom. The fourth-order valence-electron chi connectivity index (χ4n) is 1.73. The summed E-state index contributed by atoms with van der Waals surface area (Å²) in [6.45, 7) is 0. The van der Waals surface area contributed by atoms with Crippen molar-refractivity contribution in [2.45, 2.75) is 31.7 Å². The van der Waals surface area contributed by atoms with E-state index in [9.17, 15) is 0 Å². The smallest absolute Gasteiger partial charge is 0.154 e. The Morgan fingerprint density at radius 1 is 1.40 bits per heavy atom. The summed E-state index contributed by atoms with van der Waals surface area (Å²) in [5.41, 5.74) is 0. The topological polar surface area (TPSA) is 29.5 Å². The fraction of sp³-hybridized carbons (Fsp3) is 0.750. The number of ether oxygens (including phenoxy) is 1. The second-order valence-electron chi connectivity index (χ2n) is 3.03. The normalized spacial score (nSPS) is 45.5. The summed E-state index contributed by atoms with van der Waals surface area (Å²) in [5, 5.41) is 9.11. The van der Waals surface area contributed by atoms with Crippen LogP contribution in [0.5, 0.6) is 0 Å². The van der Waals surface area contributed by atoms with E-state index < -0.39 is 6.29 Å². The molecule has 1 aliphatic heterocycles. The molecule has 1 fully saturated rings. The third-order valence-electron chi connectivity index (χ3n) is 2.31. The maximum absolute atomic E-state index is 9.11. The zero-order valence-corrected chi connectivity index (χ0v) is 5.86. The van der Waals surface area contributed by atoms with Gasteiger partial charge in [-0.2, -0.15) is 0 Å². The van der Waals surface area contributed by atoms with Crippen molar-refractivity contribution in [3.8, 4) is 0 Å². The van der Waals surface area contributed by atoms with Gasteiger partial charge in [-0.3, -0.25) is 0 Å². The van der Waals surface area contributed by atoms with Crippen molar-refractivity contribution in [1.82, 2.24) is 0 Å². The first-order chi connectivity index (χ1) is 4.86. The first-order valence-corrected chi connectivity index (χ1v) is 3.86. The van der Waals surface area contributed by atoms with E-state index in [1.165, 1.54) is 0 Å². The van der Waals surface area contributed by atoms with Gasteiger partial charge in [0.1, 0.15) is 0 Å². The third-order valence-corrected chi connectivity index (χ3v) is 2.31. The van der Waals surface area contributed by atoms with Crippen molar-refractivity contribution < 1.29 is 9.84 Å². The van der Waals surface area contributed by atoms with E-state index in [0.717, 1.165) is 19.3 Å². The van der Waals surface area contributed by atoms with Crippen LogP contribution in [0, 0.1) is 5.92 Å². The predicted octanol–water partition coefficient (Wildman–Crippen LogP) is 1.06. The molecule has 0 aromatic heterocycles. The van der Waals surface area contributed by atoms with Crippen molar-refractivity contribution in [1.29, 1.82) is 0 Å². The lowest BCUT2D eigenvalue weighted by atomic mass is 9.97.